The Morgan fingerprint density at radius 3 is 2.19 bits per heavy atom. The topological polar surface area (TPSA) is 152 Å². The van der Waals surface area contributed by atoms with E-state index in [4.69, 9.17) is 30.3 Å². The fraction of sp³-hybridized carbons (Fsp3) is 0.692. The number of H-pyrrole nitrogens is 1. The molecule has 5 fully saturated rings. The Morgan fingerprint density at radius 1 is 0.867 bits per heavy atom. The summed E-state index contributed by atoms with van der Waals surface area (Å²) in [6.45, 7) is 44.2. The molecule has 9 rings (SSSR count). The first-order chi connectivity index (χ1) is 39.9. The predicted molar refractivity (Wildman–Crippen MR) is 330 cm³/mol. The van der Waals surface area contributed by atoms with E-state index in [0.717, 1.165) is 146 Å². The maximum Gasteiger partial charge on any atom is 0.251 e. The summed E-state index contributed by atoms with van der Waals surface area (Å²) in [5.74, 6) is 1.23. The average Bonchev–Trinajstić information content (AvgIpc) is 2.70. The molecular weight excluding hydrogens is 1050 g/mol. The van der Waals surface area contributed by atoms with Crippen LogP contribution in [0.4, 0.5) is 10.1 Å². The minimum absolute atomic E-state index is 0.00146. The molecule has 0 amide bonds. The third-order valence-electron chi connectivity index (χ3n) is 18.1. The molecule has 1 aromatic heterocycles. The molecule has 1 aromatic rings. The second kappa shape index (κ2) is 30.9. The molecule has 8 aliphatic rings. The third-order valence-corrected chi connectivity index (χ3v) is 18.1. The van der Waals surface area contributed by atoms with Crippen LogP contribution in [0.2, 0.25) is 0 Å². The molecule has 18 heteroatoms. The first kappa shape index (κ1) is 64.7. The minimum atomic E-state index is -0.393. The van der Waals surface area contributed by atoms with E-state index in [9.17, 15) is 14.0 Å². The lowest BCUT2D eigenvalue weighted by Gasteiger charge is -2.42. The van der Waals surface area contributed by atoms with Crippen molar-refractivity contribution in [3.8, 4) is 0 Å². The van der Waals surface area contributed by atoms with Crippen molar-refractivity contribution < 1.29 is 32.9 Å². The number of fused-ring (bicyclic) bond motifs is 1. The first-order valence-corrected chi connectivity index (χ1v) is 31.2. The smallest absolute Gasteiger partial charge is 0.251 e. The third kappa shape index (κ3) is 18.4. The number of anilines is 1. The Balaban J connectivity index is 0.000000359. The molecule has 1 saturated carbocycles. The van der Waals surface area contributed by atoms with Crippen LogP contribution < -0.4 is 26.4 Å². The zero-order valence-corrected chi connectivity index (χ0v) is 51.6. The van der Waals surface area contributed by atoms with Gasteiger partial charge < -0.3 is 59.2 Å². The maximum absolute atomic E-state index is 12.9. The van der Waals surface area contributed by atoms with Crippen molar-refractivity contribution in [2.45, 2.75) is 116 Å². The average molecular weight is 1160 g/mol. The number of dihydropyridines is 1. The quantitative estimate of drug-likeness (QED) is 0.0504. The van der Waals surface area contributed by atoms with Crippen LogP contribution in [0.1, 0.15) is 84.9 Å². The number of carbonyl (C=O) groups is 1. The van der Waals surface area contributed by atoms with Gasteiger partial charge in [0, 0.05) is 156 Å². The van der Waals surface area contributed by atoms with Gasteiger partial charge in [-0.2, -0.15) is 0 Å². The number of aromatic amines is 1. The van der Waals surface area contributed by atoms with Crippen LogP contribution in [0.25, 0.3) is 0 Å². The largest absolute Gasteiger partial charge is 0.377 e. The number of nitrogens with zero attached hydrogens (tertiary/aromatic N) is 6. The number of hydrogen-bond acceptors (Lipinski definition) is 16. The van der Waals surface area contributed by atoms with Gasteiger partial charge in [-0.05, 0) is 74.3 Å². The van der Waals surface area contributed by atoms with Gasteiger partial charge >= 0.3 is 0 Å². The van der Waals surface area contributed by atoms with Gasteiger partial charge in [0.1, 0.15) is 12.1 Å². The molecule has 2 unspecified atom stereocenters. The van der Waals surface area contributed by atoms with Gasteiger partial charge in [0.2, 0.25) is 0 Å². The van der Waals surface area contributed by atoms with Crippen LogP contribution >= 0.6 is 0 Å². The van der Waals surface area contributed by atoms with Crippen LogP contribution in [0.3, 0.4) is 0 Å². The second-order valence-electron chi connectivity index (χ2n) is 26.1. The molecule has 0 spiro atoms. The number of carbonyl (C=O) groups excluding carboxylic acids is 1. The molecule has 7 aliphatic heterocycles. The summed E-state index contributed by atoms with van der Waals surface area (Å²) in [6.07, 6.45) is 16.3. The number of nitrogens with one attached hydrogen (secondary N) is 4. The summed E-state index contributed by atoms with van der Waals surface area (Å²) >= 11 is 0. The van der Waals surface area contributed by atoms with Crippen molar-refractivity contribution in [3.63, 3.8) is 0 Å². The van der Waals surface area contributed by atoms with Crippen LogP contribution in [-0.4, -0.2) is 224 Å². The van der Waals surface area contributed by atoms with E-state index in [0.29, 0.717) is 82.9 Å². The molecule has 0 bridgehead atoms. The lowest BCUT2D eigenvalue weighted by molar-refractivity contribution is -0.110. The number of morpholine rings is 2. The van der Waals surface area contributed by atoms with Crippen LogP contribution in [0.15, 0.2) is 95.2 Å². The second-order valence-corrected chi connectivity index (χ2v) is 26.1. The number of likely N-dealkylation sites (N-methyl/N-ethyl adjacent to an activating group) is 1. The Kier molecular flexibility index (Phi) is 24.0. The highest BCUT2D eigenvalue weighted by Gasteiger charge is 2.42. The fourth-order valence-electron chi connectivity index (χ4n) is 13.4. The van der Waals surface area contributed by atoms with Crippen LogP contribution in [0, 0.1) is 17.3 Å². The van der Waals surface area contributed by atoms with E-state index in [1.165, 1.54) is 54.4 Å². The van der Waals surface area contributed by atoms with Gasteiger partial charge in [0.05, 0.1) is 83.0 Å². The van der Waals surface area contributed by atoms with Crippen molar-refractivity contribution >= 4 is 12.0 Å². The van der Waals surface area contributed by atoms with E-state index in [-0.39, 0.29) is 28.6 Å². The number of ether oxygens (including phenoxy) is 5. The van der Waals surface area contributed by atoms with E-state index >= 15 is 0 Å². The molecule has 0 radical (unpaired) electrons. The zero-order valence-electron chi connectivity index (χ0n) is 51.6. The molecule has 5 atom stereocenters. The maximum atomic E-state index is 12.9. The molecule has 1 aliphatic carbocycles. The molecule has 83 heavy (non-hydrogen) atoms. The molecule has 4 saturated heterocycles. The minimum Gasteiger partial charge on any atom is -0.377 e. The highest BCUT2D eigenvalue weighted by molar-refractivity contribution is 5.60. The van der Waals surface area contributed by atoms with Gasteiger partial charge in [0.15, 0.2) is 0 Å². The lowest BCUT2D eigenvalue weighted by Crippen LogP contribution is -2.60. The highest BCUT2D eigenvalue weighted by atomic mass is 19.1. The molecule has 0 aromatic carbocycles. The van der Waals surface area contributed by atoms with Crippen LogP contribution in [-0.2, 0) is 40.3 Å². The van der Waals surface area contributed by atoms with Crippen molar-refractivity contribution in [1.82, 2.24) is 45.4 Å². The molecule has 4 N–H and O–H groups in total. The molecule has 8 heterocycles. The van der Waals surface area contributed by atoms with E-state index in [2.05, 4.69) is 111 Å². The Labute approximate surface area is 496 Å². The Morgan fingerprint density at radius 2 is 1.53 bits per heavy atom. The summed E-state index contributed by atoms with van der Waals surface area (Å²) in [6, 6.07) is 3.07. The number of aromatic nitrogens is 1. The van der Waals surface area contributed by atoms with E-state index in [1.807, 2.05) is 13.1 Å². The molecular formula is C65H103FN10O7. The summed E-state index contributed by atoms with van der Waals surface area (Å²) in [7, 11) is 2.02. The first-order valence-electron chi connectivity index (χ1n) is 31.2. The Bertz CT molecular complexity index is 2520. The summed E-state index contributed by atoms with van der Waals surface area (Å²) in [5.41, 5.74) is 8.85. The SMILES string of the molecule is C=C/C(F)=C\C=C\Cc1cc2c([nH]c1=O)C(C)(C)CN2C.C=C1NC2=C(C=C1CC1CCC(C)CC1)N(C(=C)CN1CCNCC1CN1CCO[C@H](COCCOCCOC[C@@H]3CN(CC4CN[C@H](C)CN4CC=O)CCO3)C1)CC2(C)C. The lowest BCUT2D eigenvalue weighted by atomic mass is 9.79. The van der Waals surface area contributed by atoms with Gasteiger partial charge in [-0.25, -0.2) is 4.39 Å². The van der Waals surface area contributed by atoms with Gasteiger partial charge in [-0.3, -0.25) is 24.4 Å². The summed E-state index contributed by atoms with van der Waals surface area (Å²) < 4.78 is 42.8. The number of rotatable bonds is 25. The predicted octanol–water partition coefficient (Wildman–Crippen LogP) is 6.14. The Hall–Kier alpha value is -4.31. The number of allylic oxidation sites excluding steroid dienone is 7. The van der Waals surface area contributed by atoms with Gasteiger partial charge in [-0.15, -0.1) is 0 Å². The summed E-state index contributed by atoms with van der Waals surface area (Å²) in [5, 5.41) is 11.0. The van der Waals surface area contributed by atoms with Gasteiger partial charge in [-0.1, -0.05) is 79.3 Å². The standard InChI is InChI=1S/C48H82N8O6.C17H21FN2O/c1-36-7-9-40(10-8-36)23-41-24-46-47(51-39(41)4)48(5,6)35-56(46)38(3)28-54-12-11-49-25-42(54)29-52-14-17-61-44(31-52)33-59-21-19-58-20-22-60-34-45-32-53(15-18-62-45)30-43-26-50-37(2)27-55(43)13-16-57;1-5-13(18)9-7-6-8-12-10-14-15(19-16(12)21)17(2,3)11-20(14)4/h16,24,36-37,40,42-45,49-51H,3-4,7-15,17-23,25-35H2,1-2,5-6H3;5-7,9-10H,1,8,11H2,2-4H3,(H,19,21)/b;7-6+,13-9+/t36?,37-,40?,42?,43?,44+,45+;/m1./s1. The van der Waals surface area contributed by atoms with Crippen molar-refractivity contribution in [2.75, 3.05) is 163 Å². The monoisotopic (exact) mass is 1150 g/mol. The fourth-order valence-corrected chi connectivity index (χ4v) is 13.4. The zero-order chi connectivity index (χ0) is 59.1. The van der Waals surface area contributed by atoms with Crippen molar-refractivity contribution in [2.24, 2.45) is 17.3 Å². The summed E-state index contributed by atoms with van der Waals surface area (Å²) in [4.78, 5) is 41.0. The normalized spacial score (nSPS) is 28.1. The van der Waals surface area contributed by atoms with E-state index < -0.39 is 5.83 Å². The number of halogens is 1. The number of piperazine rings is 2. The van der Waals surface area contributed by atoms with Gasteiger partial charge in [0.25, 0.3) is 5.56 Å². The number of pyridine rings is 1. The molecule has 462 valence electrons. The van der Waals surface area contributed by atoms with Crippen molar-refractivity contribution in [1.29, 1.82) is 0 Å². The number of aldehydes is 1. The van der Waals surface area contributed by atoms with E-state index in [1.54, 1.807) is 12.2 Å². The van der Waals surface area contributed by atoms with Crippen molar-refractivity contribution in [3.05, 3.63) is 112 Å². The highest BCUT2D eigenvalue weighted by Crippen LogP contribution is 2.45. The number of hydrogen-bond donors (Lipinski definition) is 4. The van der Waals surface area contributed by atoms with Crippen LogP contribution in [0.5, 0.6) is 0 Å². The molecule has 17 nitrogen and oxygen atoms in total.